The fourth-order valence-electron chi connectivity index (χ4n) is 3.51. The molecule has 1 aromatic rings. The monoisotopic (exact) mass is 322 g/mol. The molecule has 1 aliphatic heterocycles. The topological polar surface area (TPSA) is 80.5 Å². The number of benzene rings is 1. The van der Waals surface area contributed by atoms with Gasteiger partial charge in [-0.05, 0) is 36.5 Å². The van der Waals surface area contributed by atoms with Gasteiger partial charge in [0.2, 0.25) is 15.9 Å². The largest absolute Gasteiger partial charge is 0.311 e. The highest BCUT2D eigenvalue weighted by Crippen LogP contribution is 2.34. The Morgan fingerprint density at radius 1 is 1.05 bits per heavy atom. The molecule has 0 aromatic heterocycles. The highest BCUT2D eigenvalue weighted by atomic mass is 32.2. The van der Waals surface area contributed by atoms with Crippen molar-refractivity contribution in [2.75, 3.05) is 11.4 Å². The van der Waals surface area contributed by atoms with E-state index in [1.54, 1.807) is 0 Å². The average Bonchev–Trinajstić information content (AvgIpc) is 2.90. The van der Waals surface area contributed by atoms with E-state index in [0.29, 0.717) is 5.92 Å². The summed E-state index contributed by atoms with van der Waals surface area (Å²) in [7, 11) is -3.66. The molecule has 1 saturated carbocycles. The number of anilines is 1. The van der Waals surface area contributed by atoms with Crippen molar-refractivity contribution < 1.29 is 13.2 Å². The zero-order valence-electron chi connectivity index (χ0n) is 12.6. The molecule has 0 radical (unpaired) electrons. The minimum atomic E-state index is -3.66. The zero-order valence-corrected chi connectivity index (χ0v) is 13.4. The van der Waals surface area contributed by atoms with E-state index in [0.717, 1.165) is 5.69 Å². The summed E-state index contributed by atoms with van der Waals surface area (Å²) in [6, 6.07) is 7.99. The summed E-state index contributed by atoms with van der Waals surface area (Å²) in [6.45, 7) is 0.153. The molecule has 1 saturated heterocycles. The summed E-state index contributed by atoms with van der Waals surface area (Å²) in [5.41, 5.74) is 2.08. The molecule has 0 spiro atoms. The van der Waals surface area contributed by atoms with Crippen LogP contribution in [0.25, 0.3) is 0 Å². The third-order valence-corrected chi connectivity index (χ3v) is 6.08. The molecule has 0 bridgehead atoms. The van der Waals surface area contributed by atoms with Crippen LogP contribution in [0.3, 0.4) is 0 Å². The molecule has 22 heavy (non-hydrogen) atoms. The molecule has 5 nitrogen and oxygen atoms in total. The second kappa shape index (κ2) is 6.01. The molecule has 1 aromatic carbocycles. The number of carbonyl (C=O) groups is 1. The van der Waals surface area contributed by atoms with Crippen molar-refractivity contribution in [3.8, 4) is 0 Å². The van der Waals surface area contributed by atoms with E-state index in [9.17, 15) is 13.2 Å². The number of carbonyl (C=O) groups excluding carboxylic acids is 1. The SMILES string of the molecule is NS(=O)(=O)C1CC(=O)N(c2ccc(C3CCCCC3)cc2)C1. The Bertz CT molecular complexity index is 648. The van der Waals surface area contributed by atoms with Crippen molar-refractivity contribution in [1.82, 2.24) is 0 Å². The molecule has 1 unspecified atom stereocenters. The Kier molecular flexibility index (Phi) is 4.23. The van der Waals surface area contributed by atoms with Gasteiger partial charge in [0.25, 0.3) is 0 Å². The lowest BCUT2D eigenvalue weighted by atomic mass is 9.84. The Labute approximate surface area is 131 Å². The molecule has 2 N–H and O–H groups in total. The third-order valence-electron chi connectivity index (χ3n) is 4.84. The van der Waals surface area contributed by atoms with Crippen LogP contribution >= 0.6 is 0 Å². The van der Waals surface area contributed by atoms with Crippen LogP contribution in [0, 0.1) is 0 Å². The Balaban J connectivity index is 1.74. The van der Waals surface area contributed by atoms with Gasteiger partial charge in [-0.25, -0.2) is 13.6 Å². The molecule has 120 valence electrons. The van der Waals surface area contributed by atoms with Crippen LogP contribution in [0.2, 0.25) is 0 Å². The van der Waals surface area contributed by atoms with Gasteiger partial charge in [0.05, 0.1) is 0 Å². The van der Waals surface area contributed by atoms with E-state index < -0.39 is 15.3 Å². The lowest BCUT2D eigenvalue weighted by Crippen LogP contribution is -2.32. The lowest BCUT2D eigenvalue weighted by molar-refractivity contribution is -0.117. The molecule has 2 fully saturated rings. The Morgan fingerprint density at radius 3 is 2.23 bits per heavy atom. The maximum Gasteiger partial charge on any atom is 0.228 e. The smallest absolute Gasteiger partial charge is 0.228 e. The minimum absolute atomic E-state index is 0.0246. The van der Waals surface area contributed by atoms with Crippen LogP contribution in [-0.4, -0.2) is 26.1 Å². The van der Waals surface area contributed by atoms with Crippen LogP contribution in [0.15, 0.2) is 24.3 Å². The van der Waals surface area contributed by atoms with Crippen molar-refractivity contribution in [2.45, 2.75) is 49.7 Å². The van der Waals surface area contributed by atoms with E-state index in [-0.39, 0.29) is 18.9 Å². The van der Waals surface area contributed by atoms with Gasteiger partial charge >= 0.3 is 0 Å². The zero-order chi connectivity index (χ0) is 15.7. The van der Waals surface area contributed by atoms with Gasteiger partial charge in [0.15, 0.2) is 0 Å². The van der Waals surface area contributed by atoms with Gasteiger partial charge in [-0.15, -0.1) is 0 Å². The average molecular weight is 322 g/mol. The quantitative estimate of drug-likeness (QED) is 0.925. The van der Waals surface area contributed by atoms with Crippen molar-refractivity contribution in [3.05, 3.63) is 29.8 Å². The number of hydrogen-bond acceptors (Lipinski definition) is 3. The summed E-state index contributed by atoms with van der Waals surface area (Å²) < 4.78 is 22.8. The first-order chi connectivity index (χ1) is 10.4. The van der Waals surface area contributed by atoms with Crippen LogP contribution < -0.4 is 10.0 Å². The molecule has 3 rings (SSSR count). The van der Waals surface area contributed by atoms with E-state index in [2.05, 4.69) is 12.1 Å². The molecule has 1 atom stereocenters. The van der Waals surface area contributed by atoms with E-state index in [4.69, 9.17) is 5.14 Å². The first kappa shape index (κ1) is 15.5. The lowest BCUT2D eigenvalue weighted by Gasteiger charge is -2.23. The van der Waals surface area contributed by atoms with Crippen molar-refractivity contribution >= 4 is 21.6 Å². The summed E-state index contributed by atoms with van der Waals surface area (Å²) >= 11 is 0. The summed E-state index contributed by atoms with van der Waals surface area (Å²) in [5.74, 6) is 0.443. The van der Waals surface area contributed by atoms with E-state index in [1.807, 2.05) is 12.1 Å². The molecular formula is C16H22N2O3S. The van der Waals surface area contributed by atoms with Crippen molar-refractivity contribution in [2.24, 2.45) is 5.14 Å². The van der Waals surface area contributed by atoms with Crippen LogP contribution in [0.5, 0.6) is 0 Å². The first-order valence-corrected chi connectivity index (χ1v) is 9.48. The van der Waals surface area contributed by atoms with Crippen LogP contribution in [0.1, 0.15) is 50.0 Å². The highest BCUT2D eigenvalue weighted by molar-refractivity contribution is 7.89. The van der Waals surface area contributed by atoms with Gasteiger partial charge < -0.3 is 4.90 Å². The van der Waals surface area contributed by atoms with Gasteiger partial charge in [-0.2, -0.15) is 0 Å². The molecular weight excluding hydrogens is 300 g/mol. The van der Waals surface area contributed by atoms with E-state index in [1.165, 1.54) is 42.6 Å². The summed E-state index contributed by atoms with van der Waals surface area (Å²) in [4.78, 5) is 13.6. The van der Waals surface area contributed by atoms with Gasteiger partial charge in [-0.3, -0.25) is 4.79 Å². The van der Waals surface area contributed by atoms with Gasteiger partial charge in [-0.1, -0.05) is 31.4 Å². The van der Waals surface area contributed by atoms with Crippen LogP contribution in [-0.2, 0) is 14.8 Å². The predicted molar refractivity (Wildman–Crippen MR) is 86.1 cm³/mol. The summed E-state index contributed by atoms with van der Waals surface area (Å²) in [6.07, 6.45) is 6.33. The Hall–Kier alpha value is -1.40. The number of amides is 1. The second-order valence-electron chi connectivity index (χ2n) is 6.35. The maximum atomic E-state index is 12.0. The normalized spacial score (nSPS) is 24.0. The molecule has 6 heteroatoms. The fourth-order valence-corrected chi connectivity index (χ4v) is 4.24. The maximum absolute atomic E-state index is 12.0. The van der Waals surface area contributed by atoms with Gasteiger partial charge in [0, 0.05) is 18.7 Å². The molecule has 1 heterocycles. The molecule has 2 aliphatic rings. The van der Waals surface area contributed by atoms with Crippen molar-refractivity contribution in [1.29, 1.82) is 0 Å². The number of hydrogen-bond donors (Lipinski definition) is 1. The second-order valence-corrected chi connectivity index (χ2v) is 8.19. The third kappa shape index (κ3) is 3.17. The molecule has 1 amide bonds. The van der Waals surface area contributed by atoms with Crippen molar-refractivity contribution in [3.63, 3.8) is 0 Å². The number of primary sulfonamides is 1. The Morgan fingerprint density at radius 2 is 1.68 bits per heavy atom. The van der Waals surface area contributed by atoms with Gasteiger partial charge in [0.1, 0.15) is 5.25 Å². The van der Waals surface area contributed by atoms with Crippen LogP contribution in [0.4, 0.5) is 5.69 Å². The van der Waals surface area contributed by atoms with E-state index >= 15 is 0 Å². The number of sulfonamides is 1. The minimum Gasteiger partial charge on any atom is -0.311 e. The summed E-state index contributed by atoms with van der Waals surface area (Å²) in [5, 5.41) is 4.36. The number of nitrogens with two attached hydrogens (primary N) is 1. The predicted octanol–water partition coefficient (Wildman–Crippen LogP) is 2.13. The number of rotatable bonds is 3. The standard InChI is InChI=1S/C16H22N2O3S/c17-22(20,21)15-10-16(19)18(11-15)14-8-6-13(7-9-14)12-4-2-1-3-5-12/h6-9,12,15H,1-5,10-11H2,(H2,17,20,21). The first-order valence-electron chi connectivity index (χ1n) is 7.87. The number of nitrogens with zero attached hydrogens (tertiary/aromatic N) is 1. The highest BCUT2D eigenvalue weighted by Gasteiger charge is 2.37. The fraction of sp³-hybridized carbons (Fsp3) is 0.562. The molecule has 1 aliphatic carbocycles.